The smallest absolute Gasteiger partial charge is 0.470 e. The number of imidazole rings is 1. The number of ether oxygens (including phenoxy) is 2. The minimum atomic E-state index is -5.24. The number of hydrogen-bond acceptors (Lipinski definition) is 18. The summed E-state index contributed by atoms with van der Waals surface area (Å²) < 4.78 is 84.9. The fourth-order valence-electron chi connectivity index (χ4n) is 10.0. The maximum absolute atomic E-state index is 13.1. The largest absolute Gasteiger partial charge is 0.748 e. The number of phosphoric ester groups is 2. The topological polar surface area (TPSA) is 359 Å². The number of carbonyl (C=O) groups is 1. The van der Waals surface area contributed by atoms with Gasteiger partial charge in [-0.3, -0.25) is 18.4 Å². The van der Waals surface area contributed by atoms with Crippen molar-refractivity contribution >= 4 is 66.0 Å². The minimum Gasteiger partial charge on any atom is -0.748 e. The quantitative estimate of drug-likeness (QED) is 0.0225. The molecule has 4 aromatic rings. The standard InChI is InChI=1S/C43H60N10O15P2S/c1-4-51-15-9-11-25-17-28-32(19-30(25)51)66-33-20-31-27(18-29(33)49-28)26(23-71(62,63)64)21-43(2,3)52(31)16-10-12-35(54)45-13-7-5-6-8-14-46-42-50-36-39(44)47-24-48-40(36)53(42)41-37(55)38(68-70(59,60)61)34(67-41)22-65-69(56,57)58/h17-20,24,26,34,37-38,41,44,49,55H,4-16,21-23H2,1-3H3,(H6,45,54,56,57,58,59,60,61,62,63,64)/t26?,34-,37-,38-,41-/m1/s1. The number of nitrogen functional groups attached to an aromatic ring is 1. The molecule has 4 aliphatic heterocycles. The van der Waals surface area contributed by atoms with Gasteiger partial charge in [0.1, 0.15) is 48.8 Å². The third-order valence-electron chi connectivity index (χ3n) is 13.2. The summed E-state index contributed by atoms with van der Waals surface area (Å²) in [7, 11) is -14.9. The van der Waals surface area contributed by atoms with Crippen molar-refractivity contribution in [1.82, 2.24) is 29.4 Å². The summed E-state index contributed by atoms with van der Waals surface area (Å²) in [5, 5.41) is 19.2. The van der Waals surface area contributed by atoms with Crippen LogP contribution in [0.25, 0.3) is 11.2 Å². The molecular formula is C43H60N10O15P2S. The summed E-state index contributed by atoms with van der Waals surface area (Å²) in [4.78, 5) is 70.3. The molecule has 0 saturated carbocycles. The second-order valence-corrected chi connectivity index (χ2v) is 22.6. The number of anilines is 3. The highest BCUT2D eigenvalue weighted by atomic mass is 32.2. The normalized spacial score (nSPS) is 21.7. The van der Waals surface area contributed by atoms with Crippen LogP contribution < -0.4 is 41.3 Å². The lowest BCUT2D eigenvalue weighted by Crippen LogP contribution is -2.50. The van der Waals surface area contributed by atoms with Gasteiger partial charge in [0, 0.05) is 67.0 Å². The van der Waals surface area contributed by atoms with E-state index in [1.807, 2.05) is 32.0 Å². The summed E-state index contributed by atoms with van der Waals surface area (Å²) >= 11 is 0. The Kier molecular flexibility index (Phi) is 15.6. The summed E-state index contributed by atoms with van der Waals surface area (Å²) in [5.74, 6) is 0.0278. The molecule has 1 unspecified atom stereocenters. The van der Waals surface area contributed by atoms with E-state index in [-0.39, 0.29) is 35.3 Å². The lowest BCUT2D eigenvalue weighted by atomic mass is 9.79. The minimum absolute atomic E-state index is 0.0146. The molecule has 6 heterocycles. The Morgan fingerprint density at radius 3 is 2.52 bits per heavy atom. The summed E-state index contributed by atoms with van der Waals surface area (Å²) in [6, 6.07) is 7.85. The van der Waals surface area contributed by atoms with E-state index in [4.69, 9.17) is 24.7 Å². The van der Waals surface area contributed by atoms with Crippen LogP contribution in [0.5, 0.6) is 11.5 Å². The Morgan fingerprint density at radius 1 is 1.04 bits per heavy atom. The van der Waals surface area contributed by atoms with Gasteiger partial charge in [-0.25, -0.2) is 42.1 Å². The van der Waals surface area contributed by atoms with Gasteiger partial charge in [0.25, 0.3) is 0 Å². The number of aliphatic hydroxyl groups is 1. The molecule has 25 nitrogen and oxygen atoms in total. The number of phosphoric acid groups is 2. The number of aryl methyl sites for hydroxylation is 1. The fraction of sp³-hybridized carbons (Fsp3) is 0.581. The molecule has 5 atom stereocenters. The van der Waals surface area contributed by atoms with Gasteiger partial charge in [-0.2, -0.15) is 0 Å². The average molecular weight is 1050 g/mol. The van der Waals surface area contributed by atoms with Crippen LogP contribution in [0.4, 0.5) is 23.1 Å². The number of carbonyl (C=O) groups excluding carboxylic acids is 1. The van der Waals surface area contributed by atoms with Crippen LogP contribution in [-0.2, 0) is 44.2 Å². The van der Waals surface area contributed by atoms with E-state index in [9.17, 15) is 51.6 Å². The third kappa shape index (κ3) is 12.4. The number of nitrogens with one attached hydrogen (secondary N) is 2. The van der Waals surface area contributed by atoms with Gasteiger partial charge in [0.15, 0.2) is 34.7 Å². The molecule has 71 heavy (non-hydrogen) atoms. The Morgan fingerprint density at radius 2 is 1.80 bits per heavy atom. The number of nitrogens with zero attached hydrogens (tertiary/aromatic N) is 7. The van der Waals surface area contributed by atoms with Gasteiger partial charge in [0.05, 0.1) is 22.8 Å². The Labute approximate surface area is 408 Å². The number of hydrogen-bond donors (Lipinski definition) is 8. The number of rotatable bonds is 21. The highest BCUT2D eigenvalue weighted by Gasteiger charge is 2.50. The molecule has 8 rings (SSSR count). The maximum atomic E-state index is 13.1. The van der Waals surface area contributed by atoms with E-state index in [0.29, 0.717) is 73.4 Å². The molecule has 0 spiro atoms. The van der Waals surface area contributed by atoms with Crippen LogP contribution in [0, 0.1) is 0 Å². The van der Waals surface area contributed by atoms with Crippen molar-refractivity contribution in [3.8, 4) is 11.5 Å². The predicted molar refractivity (Wildman–Crippen MR) is 255 cm³/mol. The number of aromatic nitrogens is 4. The van der Waals surface area contributed by atoms with Crippen molar-refractivity contribution in [3.05, 3.63) is 52.4 Å². The van der Waals surface area contributed by atoms with Crippen molar-refractivity contribution in [1.29, 1.82) is 0 Å². The van der Waals surface area contributed by atoms with Crippen LogP contribution in [-0.4, -0.2) is 132 Å². The molecule has 0 aliphatic carbocycles. The molecule has 0 bridgehead atoms. The lowest BCUT2D eigenvalue weighted by Gasteiger charge is -2.48. The van der Waals surface area contributed by atoms with E-state index in [1.165, 1.54) is 10.1 Å². The van der Waals surface area contributed by atoms with Gasteiger partial charge in [0.2, 0.25) is 17.2 Å². The van der Waals surface area contributed by atoms with Crippen molar-refractivity contribution < 1.29 is 70.1 Å². The molecular weight excluding hydrogens is 991 g/mol. The number of amides is 1. The maximum Gasteiger partial charge on any atom is 0.470 e. The Bertz CT molecular complexity index is 3000. The molecule has 1 fully saturated rings. The van der Waals surface area contributed by atoms with Crippen molar-refractivity contribution in [2.24, 2.45) is 4.99 Å². The number of fused-ring (bicyclic) bond motifs is 5. The van der Waals surface area contributed by atoms with Crippen LogP contribution in [0.3, 0.4) is 0 Å². The molecule has 1 saturated heterocycles. The fourth-order valence-corrected chi connectivity index (χ4v) is 11.7. The van der Waals surface area contributed by atoms with E-state index in [0.717, 1.165) is 56.1 Å². The highest BCUT2D eigenvalue weighted by Crippen LogP contribution is 2.50. The monoisotopic (exact) mass is 1050 g/mol. The van der Waals surface area contributed by atoms with Gasteiger partial charge < -0.3 is 60.0 Å². The zero-order valence-corrected chi connectivity index (χ0v) is 42.0. The second-order valence-electron chi connectivity index (χ2n) is 18.7. The molecule has 9 N–H and O–H groups in total. The molecule has 0 radical (unpaired) electrons. The van der Waals surface area contributed by atoms with E-state index < -0.39 is 74.1 Å². The molecule has 2 aromatic heterocycles. The van der Waals surface area contributed by atoms with Crippen molar-refractivity contribution in [2.75, 3.05) is 61.0 Å². The molecule has 1 amide bonds. The molecule has 2 aromatic carbocycles. The number of benzene rings is 2. The van der Waals surface area contributed by atoms with Gasteiger partial charge in [-0.15, -0.1) is 0 Å². The van der Waals surface area contributed by atoms with Crippen molar-refractivity contribution in [2.45, 2.75) is 115 Å². The van der Waals surface area contributed by atoms with Crippen LogP contribution in [0.2, 0.25) is 0 Å². The summed E-state index contributed by atoms with van der Waals surface area (Å²) in [6.07, 6.45) is 0.425. The first-order chi connectivity index (χ1) is 33.5. The first-order valence-corrected chi connectivity index (χ1v) is 28.1. The van der Waals surface area contributed by atoms with E-state index in [1.54, 1.807) is 0 Å². The number of unbranched alkanes of at least 4 members (excludes halogenated alkanes) is 3. The van der Waals surface area contributed by atoms with Gasteiger partial charge in [-0.1, -0.05) is 12.8 Å². The SMILES string of the molecule is CC[N+]1=c2cc3c(cc2CCC1)=Nc1cc2c(cc1O3)N(CCCC(=O)NCCCCCCNc1nc3c(N)ncnc3n1[C@@H]1O[C@H](COP(=O)(O)O)[C@@H](OP(=O)(O)O)[C@H]1O)C(C)(C)CC2CS(=O)(=O)[O-]. The average Bonchev–Trinajstić information content (AvgIpc) is 3.79. The summed E-state index contributed by atoms with van der Waals surface area (Å²) in [6.45, 7) is 8.35. The zero-order chi connectivity index (χ0) is 51.0. The number of aliphatic hydroxyl groups excluding tert-OH is 1. The van der Waals surface area contributed by atoms with Crippen LogP contribution in [0.15, 0.2) is 35.6 Å². The number of nitrogens with two attached hydrogens (primary N) is 1. The first kappa shape index (κ1) is 52.6. The first-order valence-electron chi connectivity index (χ1n) is 23.5. The zero-order valence-electron chi connectivity index (χ0n) is 39.4. The van der Waals surface area contributed by atoms with Crippen LogP contribution in [0.1, 0.15) is 95.4 Å². The molecule has 28 heteroatoms. The second kappa shape index (κ2) is 21.0. The lowest BCUT2D eigenvalue weighted by molar-refractivity contribution is -0.121. The van der Waals surface area contributed by atoms with Gasteiger partial charge in [-0.05, 0) is 70.6 Å². The summed E-state index contributed by atoms with van der Waals surface area (Å²) in [5.41, 5.74) is 8.92. The van der Waals surface area contributed by atoms with Crippen LogP contribution >= 0.6 is 15.6 Å². The van der Waals surface area contributed by atoms with E-state index in [2.05, 4.69) is 52.6 Å². The third-order valence-corrected chi connectivity index (χ3v) is 15.0. The molecule has 388 valence electrons. The Balaban J connectivity index is 0.846. The predicted octanol–water partition coefficient (Wildman–Crippen LogP) is 1.95. The van der Waals surface area contributed by atoms with Crippen molar-refractivity contribution in [3.63, 3.8) is 0 Å². The molecule has 4 aliphatic rings. The Hall–Kier alpha value is -4.69. The highest BCUT2D eigenvalue weighted by molar-refractivity contribution is 7.85. The van der Waals surface area contributed by atoms with Gasteiger partial charge >= 0.3 is 15.6 Å². The van der Waals surface area contributed by atoms with E-state index >= 15 is 0 Å².